The summed E-state index contributed by atoms with van der Waals surface area (Å²) >= 11 is 0. The van der Waals surface area contributed by atoms with Crippen molar-refractivity contribution in [3.05, 3.63) is 84.4 Å². The highest BCUT2D eigenvalue weighted by Crippen LogP contribution is 2.30. The monoisotopic (exact) mass is 562 g/mol. The molecule has 8 nitrogen and oxygen atoms in total. The Morgan fingerprint density at radius 3 is 2.38 bits per heavy atom. The van der Waals surface area contributed by atoms with Gasteiger partial charge in [-0.1, -0.05) is 43.7 Å². The third-order valence-electron chi connectivity index (χ3n) is 7.31. The molecule has 2 unspecified atom stereocenters. The van der Waals surface area contributed by atoms with Gasteiger partial charge in [-0.3, -0.25) is 9.62 Å². The van der Waals surface area contributed by atoms with Crippen LogP contribution in [0.2, 0.25) is 0 Å². The summed E-state index contributed by atoms with van der Waals surface area (Å²) in [6.45, 7) is 6.81. The summed E-state index contributed by atoms with van der Waals surface area (Å²) in [7, 11) is -3.30. The van der Waals surface area contributed by atoms with E-state index in [2.05, 4.69) is 33.6 Å². The molecule has 0 saturated carbocycles. The van der Waals surface area contributed by atoms with Crippen molar-refractivity contribution in [2.24, 2.45) is 10.9 Å². The summed E-state index contributed by atoms with van der Waals surface area (Å²) in [5.41, 5.74) is 2.68. The SMILES string of the molecule is CCCCN1C(=Nc2ccccc2)OCC2CN(Cc3ccc(Oc4ccc(NS(C)(=O)=O)cc4)cc3)CCC21. The van der Waals surface area contributed by atoms with Gasteiger partial charge < -0.3 is 14.4 Å². The van der Waals surface area contributed by atoms with Gasteiger partial charge in [0.25, 0.3) is 6.02 Å². The summed E-state index contributed by atoms with van der Waals surface area (Å²) in [4.78, 5) is 9.79. The number of nitrogens with zero attached hydrogens (tertiary/aromatic N) is 3. The predicted molar refractivity (Wildman–Crippen MR) is 160 cm³/mol. The minimum Gasteiger partial charge on any atom is -0.464 e. The lowest BCUT2D eigenvalue weighted by Crippen LogP contribution is -2.58. The van der Waals surface area contributed by atoms with Gasteiger partial charge in [-0.25, -0.2) is 8.42 Å². The van der Waals surface area contributed by atoms with Crippen LogP contribution in [0.3, 0.4) is 0 Å². The number of fused-ring (bicyclic) bond motifs is 1. The van der Waals surface area contributed by atoms with Gasteiger partial charge in [0.2, 0.25) is 10.0 Å². The first-order chi connectivity index (χ1) is 19.4. The molecule has 0 aliphatic carbocycles. The minimum absolute atomic E-state index is 0.447. The lowest BCUT2D eigenvalue weighted by atomic mass is 9.90. The van der Waals surface area contributed by atoms with E-state index in [1.807, 2.05) is 42.5 Å². The molecule has 2 saturated heterocycles. The molecule has 9 heteroatoms. The third kappa shape index (κ3) is 7.55. The first-order valence-corrected chi connectivity index (χ1v) is 15.9. The fourth-order valence-electron chi connectivity index (χ4n) is 5.38. The smallest absolute Gasteiger partial charge is 0.292 e. The normalized spacial score (nSPS) is 20.6. The average molecular weight is 563 g/mol. The van der Waals surface area contributed by atoms with Crippen LogP contribution in [0.15, 0.2) is 83.9 Å². The molecule has 212 valence electrons. The van der Waals surface area contributed by atoms with Crippen molar-refractivity contribution >= 4 is 27.4 Å². The zero-order valence-corrected chi connectivity index (χ0v) is 24.0. The number of sulfonamides is 1. The molecule has 40 heavy (non-hydrogen) atoms. The van der Waals surface area contributed by atoms with Gasteiger partial charge in [0.15, 0.2) is 0 Å². The number of ether oxygens (including phenoxy) is 2. The maximum atomic E-state index is 11.4. The van der Waals surface area contributed by atoms with Crippen molar-refractivity contribution in [2.45, 2.75) is 38.8 Å². The van der Waals surface area contributed by atoms with Gasteiger partial charge in [0, 0.05) is 43.8 Å². The first kappa shape index (κ1) is 28.0. The number of aliphatic imine (C=N–C) groups is 1. The summed E-state index contributed by atoms with van der Waals surface area (Å²) in [6, 6.07) is 26.3. The molecule has 0 bridgehead atoms. The molecule has 0 amide bonds. The highest BCUT2D eigenvalue weighted by Gasteiger charge is 2.39. The predicted octanol–water partition coefficient (Wildman–Crippen LogP) is 5.86. The van der Waals surface area contributed by atoms with E-state index < -0.39 is 10.0 Å². The number of para-hydroxylation sites is 1. The molecular weight excluding hydrogens is 524 g/mol. The second-order valence-electron chi connectivity index (χ2n) is 10.6. The van der Waals surface area contributed by atoms with Crippen molar-refractivity contribution in [3.63, 3.8) is 0 Å². The van der Waals surface area contributed by atoms with Crippen LogP contribution in [-0.4, -0.2) is 62.8 Å². The van der Waals surface area contributed by atoms with Crippen molar-refractivity contribution in [3.8, 4) is 11.5 Å². The number of likely N-dealkylation sites (tertiary alicyclic amines) is 1. The Kier molecular flexibility index (Phi) is 8.91. The van der Waals surface area contributed by atoms with E-state index in [1.165, 1.54) is 5.56 Å². The summed E-state index contributed by atoms with van der Waals surface area (Å²) in [5, 5.41) is 0. The lowest BCUT2D eigenvalue weighted by Gasteiger charge is -2.48. The number of piperidine rings is 1. The number of unbranched alkanes of at least 4 members (excludes halogenated alkanes) is 1. The Morgan fingerprint density at radius 1 is 1.00 bits per heavy atom. The second-order valence-corrected chi connectivity index (χ2v) is 12.3. The van der Waals surface area contributed by atoms with Crippen LogP contribution in [0.5, 0.6) is 11.5 Å². The second kappa shape index (κ2) is 12.7. The van der Waals surface area contributed by atoms with Gasteiger partial charge in [0.1, 0.15) is 11.5 Å². The zero-order valence-electron chi connectivity index (χ0n) is 23.2. The van der Waals surface area contributed by atoms with Crippen molar-refractivity contribution in [1.82, 2.24) is 9.80 Å². The molecule has 0 aromatic heterocycles. The summed E-state index contributed by atoms with van der Waals surface area (Å²) in [5.74, 6) is 1.83. The Morgan fingerprint density at radius 2 is 1.70 bits per heavy atom. The van der Waals surface area contributed by atoms with Crippen LogP contribution in [0.25, 0.3) is 0 Å². The molecule has 2 atom stereocenters. The van der Waals surface area contributed by atoms with Crippen LogP contribution < -0.4 is 9.46 Å². The van der Waals surface area contributed by atoms with E-state index in [4.69, 9.17) is 14.5 Å². The lowest BCUT2D eigenvalue weighted by molar-refractivity contribution is 0.00523. The van der Waals surface area contributed by atoms with Gasteiger partial charge >= 0.3 is 0 Å². The fourth-order valence-corrected chi connectivity index (χ4v) is 5.95. The van der Waals surface area contributed by atoms with Crippen LogP contribution in [0.1, 0.15) is 31.7 Å². The largest absolute Gasteiger partial charge is 0.464 e. The van der Waals surface area contributed by atoms with E-state index in [0.717, 1.165) is 69.2 Å². The molecule has 0 spiro atoms. The molecule has 5 rings (SSSR count). The topological polar surface area (TPSA) is 83.5 Å². The number of nitrogens with one attached hydrogen (secondary N) is 1. The Bertz CT molecular complexity index is 1380. The maximum Gasteiger partial charge on any atom is 0.292 e. The van der Waals surface area contributed by atoms with E-state index in [1.54, 1.807) is 24.3 Å². The quantitative estimate of drug-likeness (QED) is 0.333. The van der Waals surface area contributed by atoms with Crippen LogP contribution in [0.4, 0.5) is 11.4 Å². The molecular formula is C31H38N4O4S. The first-order valence-electron chi connectivity index (χ1n) is 14.0. The molecule has 0 radical (unpaired) electrons. The zero-order chi connectivity index (χ0) is 28.0. The van der Waals surface area contributed by atoms with Crippen LogP contribution >= 0.6 is 0 Å². The maximum absolute atomic E-state index is 11.4. The van der Waals surface area contributed by atoms with Crippen molar-refractivity contribution in [2.75, 3.05) is 37.2 Å². The average Bonchev–Trinajstić information content (AvgIpc) is 2.94. The number of hydrogen-bond donors (Lipinski definition) is 1. The number of hydrogen-bond acceptors (Lipinski definition) is 6. The molecule has 1 N–H and O–H groups in total. The van der Waals surface area contributed by atoms with Gasteiger partial charge in [-0.05, 0) is 66.9 Å². The molecule has 2 aliphatic heterocycles. The van der Waals surface area contributed by atoms with Crippen molar-refractivity contribution in [1.29, 1.82) is 0 Å². The number of anilines is 1. The third-order valence-corrected chi connectivity index (χ3v) is 7.91. The van der Waals surface area contributed by atoms with Gasteiger partial charge in [-0.15, -0.1) is 0 Å². The number of benzene rings is 3. The molecule has 2 heterocycles. The molecule has 2 aliphatic rings. The Labute approximate surface area is 237 Å². The Balaban J connectivity index is 1.17. The number of rotatable bonds is 10. The van der Waals surface area contributed by atoms with E-state index in [-0.39, 0.29) is 0 Å². The van der Waals surface area contributed by atoms with E-state index in [0.29, 0.717) is 30.0 Å². The fraction of sp³-hybridized carbons (Fsp3) is 0.387. The van der Waals surface area contributed by atoms with E-state index in [9.17, 15) is 8.42 Å². The molecule has 3 aromatic rings. The standard InChI is InChI=1S/C31H38N4O4S/c1-3-4-19-35-30-18-20-34(22-25(30)23-38-31(35)32-26-8-6-5-7-9-26)21-24-10-14-28(15-11-24)39-29-16-12-27(13-17-29)33-40(2,36)37/h5-17,25,30,33H,3-4,18-23H2,1-2H3. The summed E-state index contributed by atoms with van der Waals surface area (Å²) in [6.07, 6.45) is 4.49. The highest BCUT2D eigenvalue weighted by atomic mass is 32.2. The van der Waals surface area contributed by atoms with E-state index >= 15 is 0 Å². The Hall–Kier alpha value is -3.56. The van der Waals surface area contributed by atoms with Gasteiger partial charge in [0.05, 0.1) is 18.6 Å². The van der Waals surface area contributed by atoms with Gasteiger partial charge in [-0.2, -0.15) is 4.99 Å². The number of amidine groups is 1. The summed E-state index contributed by atoms with van der Waals surface area (Å²) < 4.78 is 37.4. The van der Waals surface area contributed by atoms with Crippen molar-refractivity contribution < 1.29 is 17.9 Å². The molecule has 3 aromatic carbocycles. The molecule has 2 fully saturated rings. The van der Waals surface area contributed by atoms with Crippen LogP contribution in [0, 0.1) is 5.92 Å². The minimum atomic E-state index is -3.30. The van der Waals surface area contributed by atoms with Crippen LogP contribution in [-0.2, 0) is 21.3 Å². The highest BCUT2D eigenvalue weighted by molar-refractivity contribution is 7.92.